The van der Waals surface area contributed by atoms with Gasteiger partial charge in [0.15, 0.2) is 0 Å². The van der Waals surface area contributed by atoms with Crippen LogP contribution in [0.5, 0.6) is 0 Å². The lowest BCUT2D eigenvalue weighted by molar-refractivity contribution is 0.0785. The van der Waals surface area contributed by atoms with Crippen LogP contribution >= 0.6 is 23.2 Å². The number of carbonyl (C=O) groups excluding carboxylic acids is 1. The van der Waals surface area contributed by atoms with Crippen molar-refractivity contribution >= 4 is 44.8 Å². The molecule has 1 heterocycles. The fraction of sp³-hybridized carbons (Fsp3) is 0.381. The topological polar surface area (TPSA) is 60.9 Å². The monoisotopic (exact) mass is 469 g/mol. The minimum absolute atomic E-state index is 0.0954. The number of halogens is 2. The van der Waals surface area contributed by atoms with Crippen molar-refractivity contribution < 1.29 is 13.2 Å². The summed E-state index contributed by atoms with van der Waals surface area (Å²) in [5, 5.41) is 0.991. The Kier molecular flexibility index (Phi) is 6.97. The van der Waals surface area contributed by atoms with Gasteiger partial charge < -0.3 is 9.80 Å². The van der Waals surface area contributed by atoms with Crippen LogP contribution in [0.25, 0.3) is 0 Å². The minimum atomic E-state index is -3.66. The van der Waals surface area contributed by atoms with E-state index in [9.17, 15) is 13.2 Å². The Hall–Kier alpha value is -1.80. The van der Waals surface area contributed by atoms with Crippen LogP contribution in [0.1, 0.15) is 28.8 Å². The van der Waals surface area contributed by atoms with Crippen LogP contribution in [0, 0.1) is 0 Å². The Morgan fingerprint density at radius 3 is 2.17 bits per heavy atom. The molecule has 1 aliphatic heterocycles. The van der Waals surface area contributed by atoms with Crippen LogP contribution in [0.4, 0.5) is 5.69 Å². The molecule has 1 fully saturated rings. The van der Waals surface area contributed by atoms with E-state index in [1.807, 2.05) is 0 Å². The zero-order valence-electron chi connectivity index (χ0n) is 17.2. The maximum Gasteiger partial charge on any atom is 0.256 e. The predicted molar refractivity (Wildman–Crippen MR) is 121 cm³/mol. The molecule has 0 aliphatic carbocycles. The zero-order chi connectivity index (χ0) is 22.1. The van der Waals surface area contributed by atoms with Gasteiger partial charge in [-0.05, 0) is 54.8 Å². The Morgan fingerprint density at radius 2 is 1.60 bits per heavy atom. The molecule has 30 heavy (non-hydrogen) atoms. The summed E-state index contributed by atoms with van der Waals surface area (Å²) in [5.74, 6) is -0.260. The van der Waals surface area contributed by atoms with Crippen LogP contribution in [0.3, 0.4) is 0 Å². The molecule has 1 amide bonds. The van der Waals surface area contributed by atoms with Crippen LogP contribution in [0.2, 0.25) is 10.0 Å². The maximum atomic E-state index is 13.4. The van der Waals surface area contributed by atoms with Gasteiger partial charge in [-0.15, -0.1) is 0 Å². The molecule has 162 valence electrons. The highest BCUT2D eigenvalue weighted by atomic mass is 35.5. The number of anilines is 1. The highest BCUT2D eigenvalue weighted by Gasteiger charge is 2.26. The molecular formula is C21H25Cl2N3O3S. The van der Waals surface area contributed by atoms with Crippen LogP contribution < -0.4 is 4.90 Å². The third-order valence-electron chi connectivity index (χ3n) is 5.11. The number of carbonyl (C=O) groups is 1. The summed E-state index contributed by atoms with van der Waals surface area (Å²) in [4.78, 5) is 17.1. The Morgan fingerprint density at radius 1 is 1.00 bits per heavy atom. The third kappa shape index (κ3) is 4.91. The van der Waals surface area contributed by atoms with Crippen molar-refractivity contribution in [2.75, 3.05) is 39.1 Å². The predicted octanol–water partition coefficient (Wildman–Crippen LogP) is 4.12. The van der Waals surface area contributed by atoms with Gasteiger partial charge in [-0.25, -0.2) is 12.7 Å². The largest absolute Gasteiger partial charge is 0.371 e. The number of benzene rings is 2. The summed E-state index contributed by atoms with van der Waals surface area (Å²) in [7, 11) is 0.964. The molecule has 1 saturated heterocycles. The molecule has 6 nitrogen and oxygen atoms in total. The first-order valence-electron chi connectivity index (χ1n) is 9.61. The molecule has 2 aromatic rings. The summed E-state index contributed by atoms with van der Waals surface area (Å²) < 4.78 is 26.4. The Bertz CT molecular complexity index is 1030. The van der Waals surface area contributed by atoms with Crippen LogP contribution in [0.15, 0.2) is 41.3 Å². The second kappa shape index (κ2) is 9.14. The summed E-state index contributed by atoms with van der Waals surface area (Å²) in [6.07, 6.45) is 2.09. The van der Waals surface area contributed by atoms with Crippen molar-refractivity contribution in [3.8, 4) is 0 Å². The first-order chi connectivity index (χ1) is 14.1. The zero-order valence-corrected chi connectivity index (χ0v) is 19.6. The smallest absolute Gasteiger partial charge is 0.256 e. The summed E-state index contributed by atoms with van der Waals surface area (Å²) in [6, 6.07) is 9.93. The van der Waals surface area contributed by atoms with Crippen molar-refractivity contribution in [3.63, 3.8) is 0 Å². The van der Waals surface area contributed by atoms with Gasteiger partial charge in [0.2, 0.25) is 10.0 Å². The molecule has 9 heteroatoms. The van der Waals surface area contributed by atoms with Crippen molar-refractivity contribution in [2.24, 2.45) is 0 Å². The number of hydrogen-bond acceptors (Lipinski definition) is 4. The molecular weight excluding hydrogens is 445 g/mol. The molecule has 0 aromatic heterocycles. The van der Waals surface area contributed by atoms with Crippen LogP contribution in [-0.4, -0.2) is 57.8 Å². The van der Waals surface area contributed by atoms with E-state index in [2.05, 4.69) is 4.90 Å². The van der Waals surface area contributed by atoms with E-state index in [1.165, 1.54) is 20.2 Å². The van der Waals surface area contributed by atoms with Gasteiger partial charge >= 0.3 is 0 Å². The van der Waals surface area contributed by atoms with Gasteiger partial charge in [0, 0.05) is 56.5 Å². The number of sulfonamides is 1. The first kappa shape index (κ1) is 22.9. The highest BCUT2D eigenvalue weighted by Crippen LogP contribution is 2.29. The summed E-state index contributed by atoms with van der Waals surface area (Å²) >= 11 is 12.2. The number of hydrogen-bond donors (Lipinski definition) is 0. The van der Waals surface area contributed by atoms with Gasteiger partial charge in [-0.3, -0.25) is 4.79 Å². The lowest BCUT2D eigenvalue weighted by atomic mass is 10.1. The number of amides is 1. The first-order valence-corrected chi connectivity index (χ1v) is 11.8. The van der Waals surface area contributed by atoms with Gasteiger partial charge in [-0.1, -0.05) is 23.2 Å². The molecule has 0 atom stereocenters. The van der Waals surface area contributed by atoms with Crippen molar-refractivity contribution in [1.29, 1.82) is 0 Å². The van der Waals surface area contributed by atoms with Crippen molar-refractivity contribution in [2.45, 2.75) is 24.3 Å². The average molecular weight is 470 g/mol. The van der Waals surface area contributed by atoms with E-state index < -0.39 is 10.0 Å². The average Bonchev–Trinajstić information content (AvgIpc) is 3.20. The van der Waals surface area contributed by atoms with Gasteiger partial charge in [0.05, 0.1) is 10.5 Å². The van der Waals surface area contributed by atoms with E-state index in [1.54, 1.807) is 42.3 Å². The lowest BCUT2D eigenvalue weighted by Crippen LogP contribution is -2.30. The third-order valence-corrected chi connectivity index (χ3v) is 7.36. The van der Waals surface area contributed by atoms with Gasteiger partial charge in [0.25, 0.3) is 5.91 Å². The second-order valence-corrected chi connectivity index (χ2v) is 10.6. The van der Waals surface area contributed by atoms with Gasteiger partial charge in [0.1, 0.15) is 0 Å². The van der Waals surface area contributed by atoms with Crippen molar-refractivity contribution in [1.82, 2.24) is 9.21 Å². The molecule has 3 rings (SSSR count). The molecule has 2 aromatic carbocycles. The fourth-order valence-corrected chi connectivity index (χ4v) is 5.04. The quantitative estimate of drug-likeness (QED) is 0.638. The molecule has 1 aliphatic rings. The molecule has 0 radical (unpaired) electrons. The molecule has 0 unspecified atom stereocenters. The van der Waals surface area contributed by atoms with E-state index in [-0.39, 0.29) is 10.8 Å². The second-order valence-electron chi connectivity index (χ2n) is 7.60. The Balaban J connectivity index is 1.98. The van der Waals surface area contributed by atoms with Crippen LogP contribution in [-0.2, 0) is 16.6 Å². The number of nitrogens with zero attached hydrogens (tertiary/aromatic N) is 3. The lowest BCUT2D eigenvalue weighted by Gasteiger charge is -2.25. The summed E-state index contributed by atoms with van der Waals surface area (Å²) in [5.41, 5.74) is 1.92. The standard InChI is InChI=1S/C21H25Cl2N3O3S/c1-24(2)30(28,29)18-6-7-20(26-8-4-5-9-26)19(13-18)21(27)25(3)14-15-10-16(22)12-17(23)11-15/h6-7,10-13H,4-5,8-9,14H2,1-3H3. The normalized spacial score (nSPS) is 14.4. The van der Waals surface area contributed by atoms with E-state index in [0.717, 1.165) is 41.5 Å². The Labute approximate surface area is 188 Å². The molecule has 0 saturated carbocycles. The SMILES string of the molecule is CN(Cc1cc(Cl)cc(Cl)c1)C(=O)c1cc(S(=O)(=O)N(C)C)ccc1N1CCCC1. The van der Waals surface area contributed by atoms with E-state index in [4.69, 9.17) is 23.2 Å². The minimum Gasteiger partial charge on any atom is -0.371 e. The maximum absolute atomic E-state index is 13.4. The molecule has 0 N–H and O–H groups in total. The molecule has 0 bridgehead atoms. The van der Waals surface area contributed by atoms with E-state index in [0.29, 0.717) is 22.2 Å². The number of rotatable bonds is 6. The highest BCUT2D eigenvalue weighted by molar-refractivity contribution is 7.89. The van der Waals surface area contributed by atoms with E-state index >= 15 is 0 Å². The van der Waals surface area contributed by atoms with Gasteiger partial charge in [-0.2, -0.15) is 0 Å². The fourth-order valence-electron chi connectivity index (χ4n) is 3.55. The molecule has 0 spiro atoms. The summed E-state index contributed by atoms with van der Waals surface area (Å²) in [6.45, 7) is 1.98. The van der Waals surface area contributed by atoms with Crippen molar-refractivity contribution in [3.05, 3.63) is 57.6 Å².